The largest absolute Gasteiger partial charge is 0.497 e. The third-order valence-electron chi connectivity index (χ3n) is 4.18. The predicted octanol–water partition coefficient (Wildman–Crippen LogP) is 5.00. The van der Waals surface area contributed by atoms with E-state index in [-0.39, 0.29) is 5.41 Å². The van der Waals surface area contributed by atoms with Crippen LogP contribution < -0.4 is 0 Å². The fourth-order valence-electron chi connectivity index (χ4n) is 2.70. The van der Waals surface area contributed by atoms with Crippen molar-refractivity contribution in [2.75, 3.05) is 5.75 Å². The maximum Gasteiger partial charge on any atom is 0.106 e. The highest BCUT2D eigenvalue weighted by atomic mass is 32.2. The summed E-state index contributed by atoms with van der Waals surface area (Å²) in [6.45, 7) is 11.6. The van der Waals surface area contributed by atoms with Gasteiger partial charge in [-0.05, 0) is 34.1 Å². The molecular formula is C16H26OS. The van der Waals surface area contributed by atoms with Crippen LogP contribution in [0.5, 0.6) is 0 Å². The molecule has 2 aliphatic rings. The van der Waals surface area contributed by atoms with Gasteiger partial charge in [0.2, 0.25) is 0 Å². The maximum absolute atomic E-state index is 5.85. The van der Waals surface area contributed by atoms with Crippen LogP contribution in [0.2, 0.25) is 0 Å². The zero-order valence-electron chi connectivity index (χ0n) is 12.3. The van der Waals surface area contributed by atoms with Crippen LogP contribution in [0.3, 0.4) is 0 Å². The van der Waals surface area contributed by atoms with Crippen molar-refractivity contribution in [2.45, 2.75) is 53.6 Å². The molecule has 18 heavy (non-hydrogen) atoms. The van der Waals surface area contributed by atoms with E-state index >= 15 is 0 Å². The number of hydrogen-bond acceptors (Lipinski definition) is 2. The SMILES string of the molecule is CC(C)(C)C1CC(CC(C)(C)C2C=CSC2)=CO1. The average molecular weight is 266 g/mol. The van der Waals surface area contributed by atoms with Crippen LogP contribution in [0.25, 0.3) is 0 Å². The van der Waals surface area contributed by atoms with Crippen molar-refractivity contribution in [3.05, 3.63) is 23.3 Å². The van der Waals surface area contributed by atoms with Crippen LogP contribution in [0.4, 0.5) is 0 Å². The lowest BCUT2D eigenvalue weighted by Gasteiger charge is -2.31. The molecule has 2 atom stereocenters. The van der Waals surface area contributed by atoms with E-state index in [0.717, 1.165) is 12.8 Å². The molecule has 102 valence electrons. The Labute approximate surface area is 116 Å². The summed E-state index contributed by atoms with van der Waals surface area (Å²) < 4.78 is 5.85. The van der Waals surface area contributed by atoms with E-state index < -0.39 is 0 Å². The molecule has 0 bridgehead atoms. The first kappa shape index (κ1) is 14.0. The normalized spacial score (nSPS) is 28.4. The molecule has 2 heterocycles. The Morgan fingerprint density at radius 3 is 2.50 bits per heavy atom. The molecule has 0 aliphatic carbocycles. The Kier molecular flexibility index (Phi) is 3.87. The van der Waals surface area contributed by atoms with Crippen molar-refractivity contribution >= 4 is 11.8 Å². The first-order valence-electron chi connectivity index (χ1n) is 6.91. The first-order valence-corrected chi connectivity index (χ1v) is 7.95. The summed E-state index contributed by atoms with van der Waals surface area (Å²) in [5.74, 6) is 1.95. The molecule has 0 aromatic heterocycles. The molecule has 0 saturated carbocycles. The van der Waals surface area contributed by atoms with E-state index in [1.807, 2.05) is 18.0 Å². The first-order chi connectivity index (χ1) is 8.29. The summed E-state index contributed by atoms with van der Waals surface area (Å²) in [4.78, 5) is 0. The van der Waals surface area contributed by atoms with E-state index in [9.17, 15) is 0 Å². The number of rotatable bonds is 3. The van der Waals surface area contributed by atoms with Crippen molar-refractivity contribution in [3.63, 3.8) is 0 Å². The minimum Gasteiger partial charge on any atom is -0.497 e. The van der Waals surface area contributed by atoms with Crippen LogP contribution in [0.1, 0.15) is 47.5 Å². The van der Waals surface area contributed by atoms with E-state index in [1.54, 1.807) is 0 Å². The van der Waals surface area contributed by atoms with Gasteiger partial charge in [0, 0.05) is 12.2 Å². The third kappa shape index (κ3) is 3.14. The molecule has 0 fully saturated rings. The molecule has 1 nitrogen and oxygen atoms in total. The number of thioether (sulfide) groups is 1. The van der Waals surface area contributed by atoms with Gasteiger partial charge in [-0.25, -0.2) is 0 Å². The summed E-state index contributed by atoms with van der Waals surface area (Å²) in [5, 5.41) is 2.25. The molecule has 0 saturated heterocycles. The molecule has 0 aromatic carbocycles. The molecule has 2 unspecified atom stereocenters. The Hall–Kier alpha value is -0.370. The quantitative estimate of drug-likeness (QED) is 0.711. The van der Waals surface area contributed by atoms with Crippen molar-refractivity contribution < 1.29 is 4.74 Å². The number of hydrogen-bond donors (Lipinski definition) is 0. The van der Waals surface area contributed by atoms with Gasteiger partial charge in [-0.1, -0.05) is 40.7 Å². The highest BCUT2D eigenvalue weighted by Crippen LogP contribution is 2.43. The Morgan fingerprint density at radius 2 is 2.00 bits per heavy atom. The van der Waals surface area contributed by atoms with E-state index in [4.69, 9.17) is 4.74 Å². The fraction of sp³-hybridized carbons (Fsp3) is 0.750. The van der Waals surface area contributed by atoms with Crippen molar-refractivity contribution in [1.29, 1.82) is 0 Å². The van der Waals surface area contributed by atoms with Crippen LogP contribution in [0, 0.1) is 16.7 Å². The van der Waals surface area contributed by atoms with Gasteiger partial charge in [-0.15, -0.1) is 11.8 Å². The molecule has 0 aromatic rings. The van der Waals surface area contributed by atoms with Crippen molar-refractivity contribution in [1.82, 2.24) is 0 Å². The van der Waals surface area contributed by atoms with Crippen molar-refractivity contribution in [2.24, 2.45) is 16.7 Å². The second-order valence-corrected chi connectivity index (χ2v) is 8.34. The molecule has 0 spiro atoms. The monoisotopic (exact) mass is 266 g/mol. The smallest absolute Gasteiger partial charge is 0.106 e. The lowest BCUT2D eigenvalue weighted by molar-refractivity contribution is 0.0657. The van der Waals surface area contributed by atoms with Gasteiger partial charge in [0.1, 0.15) is 6.10 Å². The number of allylic oxidation sites excluding steroid dienone is 1. The Morgan fingerprint density at radius 1 is 1.28 bits per heavy atom. The predicted molar refractivity (Wildman–Crippen MR) is 80.5 cm³/mol. The Balaban J connectivity index is 1.93. The van der Waals surface area contributed by atoms with E-state index in [1.165, 1.54) is 11.3 Å². The third-order valence-corrected chi connectivity index (χ3v) is 5.08. The topological polar surface area (TPSA) is 9.23 Å². The van der Waals surface area contributed by atoms with E-state index in [2.05, 4.69) is 46.1 Å². The molecule has 2 heteroatoms. The molecule has 0 radical (unpaired) electrons. The lowest BCUT2D eigenvalue weighted by Crippen LogP contribution is -2.26. The molecule has 2 rings (SSSR count). The summed E-state index contributed by atoms with van der Waals surface area (Å²) in [6, 6.07) is 0. The fourth-order valence-corrected chi connectivity index (χ4v) is 3.89. The average Bonchev–Trinajstić information content (AvgIpc) is 2.83. The van der Waals surface area contributed by atoms with Gasteiger partial charge in [-0.2, -0.15) is 0 Å². The zero-order valence-corrected chi connectivity index (χ0v) is 13.1. The van der Waals surface area contributed by atoms with Gasteiger partial charge >= 0.3 is 0 Å². The Bertz CT molecular complexity index is 360. The molecule has 0 N–H and O–H groups in total. The standard InChI is InChI=1S/C16H26OS/c1-15(2,3)14-8-12(10-17-14)9-16(4,5)13-6-7-18-11-13/h6-7,10,13-14H,8-9,11H2,1-5H3. The van der Waals surface area contributed by atoms with Gasteiger partial charge in [0.05, 0.1) is 6.26 Å². The van der Waals surface area contributed by atoms with Crippen molar-refractivity contribution in [3.8, 4) is 0 Å². The van der Waals surface area contributed by atoms with Gasteiger partial charge in [0.15, 0.2) is 0 Å². The van der Waals surface area contributed by atoms with E-state index in [0.29, 0.717) is 17.4 Å². The summed E-state index contributed by atoms with van der Waals surface area (Å²) >= 11 is 1.94. The summed E-state index contributed by atoms with van der Waals surface area (Å²) in [5.41, 5.74) is 2.08. The minimum absolute atomic E-state index is 0.242. The van der Waals surface area contributed by atoms with Gasteiger partial charge < -0.3 is 4.74 Å². The molecule has 0 amide bonds. The highest BCUT2D eigenvalue weighted by molar-refractivity contribution is 8.02. The maximum atomic E-state index is 5.85. The second-order valence-electron chi connectivity index (χ2n) is 7.40. The molecular weight excluding hydrogens is 240 g/mol. The second kappa shape index (κ2) is 4.96. The van der Waals surface area contributed by atoms with Gasteiger partial charge in [-0.3, -0.25) is 0 Å². The zero-order chi connectivity index (χ0) is 13.4. The van der Waals surface area contributed by atoms with Crippen LogP contribution in [-0.2, 0) is 4.74 Å². The molecule has 2 aliphatic heterocycles. The van der Waals surface area contributed by atoms with Crippen LogP contribution >= 0.6 is 11.8 Å². The minimum atomic E-state index is 0.242. The van der Waals surface area contributed by atoms with Crippen LogP contribution in [0.15, 0.2) is 23.3 Å². The summed E-state index contributed by atoms with van der Waals surface area (Å²) in [7, 11) is 0. The highest BCUT2D eigenvalue weighted by Gasteiger charge is 2.35. The van der Waals surface area contributed by atoms with Gasteiger partial charge in [0.25, 0.3) is 0 Å². The van der Waals surface area contributed by atoms with Crippen LogP contribution in [-0.4, -0.2) is 11.9 Å². The number of ether oxygens (including phenoxy) is 1. The lowest BCUT2D eigenvalue weighted by atomic mass is 9.74. The summed E-state index contributed by atoms with van der Waals surface area (Å²) in [6.07, 6.45) is 7.04.